The maximum Gasteiger partial charge on any atom is 0.245 e. The van der Waals surface area contributed by atoms with Crippen LogP contribution in [0.3, 0.4) is 0 Å². The van der Waals surface area contributed by atoms with Crippen LogP contribution in [-0.2, 0) is 10.0 Å². The van der Waals surface area contributed by atoms with E-state index in [1.165, 1.54) is 23.5 Å². The average Bonchev–Trinajstić information content (AvgIpc) is 2.27. The zero-order chi connectivity index (χ0) is 14.6. The lowest BCUT2D eigenvalue weighted by Crippen LogP contribution is -2.28. The highest BCUT2D eigenvalue weighted by Crippen LogP contribution is 2.34. The largest absolute Gasteiger partial charge is 0.245 e. The summed E-state index contributed by atoms with van der Waals surface area (Å²) in [6.07, 6.45) is 2.80. The second-order valence-corrected chi connectivity index (χ2v) is 7.46. The predicted octanol–water partition coefficient (Wildman–Crippen LogP) is 4.46. The summed E-state index contributed by atoms with van der Waals surface area (Å²) >= 11 is 17.7. The summed E-state index contributed by atoms with van der Waals surface area (Å²) in [5.41, 5.74) is 0. The fourth-order valence-electron chi connectivity index (χ4n) is 1.64. The molecule has 0 atom stereocenters. The molecule has 0 unspecified atom stereocenters. The first-order chi connectivity index (χ1) is 8.80. The lowest BCUT2D eigenvalue weighted by molar-refractivity contribution is 0.454. The Hall–Kier alpha value is -0.000000000000000111. The van der Waals surface area contributed by atoms with Crippen molar-refractivity contribution in [2.75, 3.05) is 13.6 Å². The van der Waals surface area contributed by atoms with E-state index in [2.05, 4.69) is 6.92 Å². The van der Waals surface area contributed by atoms with Crippen molar-refractivity contribution in [3.05, 3.63) is 27.2 Å². The molecule has 0 aliphatic rings. The van der Waals surface area contributed by atoms with Crippen LogP contribution in [0.1, 0.15) is 26.2 Å². The fraction of sp³-hybridized carbons (Fsp3) is 0.500. The molecule has 0 saturated heterocycles. The van der Waals surface area contributed by atoms with Gasteiger partial charge < -0.3 is 0 Å². The number of benzene rings is 1. The molecule has 1 aromatic rings. The average molecular weight is 345 g/mol. The molecule has 0 saturated carbocycles. The van der Waals surface area contributed by atoms with Crippen molar-refractivity contribution < 1.29 is 8.42 Å². The van der Waals surface area contributed by atoms with Crippen LogP contribution >= 0.6 is 34.8 Å². The van der Waals surface area contributed by atoms with Gasteiger partial charge >= 0.3 is 0 Å². The van der Waals surface area contributed by atoms with Gasteiger partial charge in [0.1, 0.15) is 4.90 Å². The Balaban J connectivity index is 3.07. The SMILES string of the molecule is CCCCCN(C)S(=O)(=O)c1c(Cl)cc(Cl)cc1Cl. The van der Waals surface area contributed by atoms with Gasteiger partial charge in [-0.3, -0.25) is 0 Å². The summed E-state index contributed by atoms with van der Waals surface area (Å²) in [6, 6.07) is 2.75. The second kappa shape index (κ2) is 7.14. The van der Waals surface area contributed by atoms with Gasteiger partial charge in [-0.05, 0) is 18.6 Å². The minimum absolute atomic E-state index is 0.0415. The second-order valence-electron chi connectivity index (χ2n) is 4.23. The summed E-state index contributed by atoms with van der Waals surface area (Å²) in [5.74, 6) is 0. The molecule has 0 aliphatic heterocycles. The molecule has 0 spiro atoms. The number of hydrogen-bond acceptors (Lipinski definition) is 2. The Kier molecular flexibility index (Phi) is 6.40. The molecule has 0 aliphatic carbocycles. The molecule has 1 rings (SSSR count). The zero-order valence-corrected chi connectivity index (χ0v) is 13.9. The van der Waals surface area contributed by atoms with E-state index in [1.807, 2.05) is 0 Å². The molecule has 3 nitrogen and oxygen atoms in total. The van der Waals surface area contributed by atoms with Crippen molar-refractivity contribution in [1.29, 1.82) is 0 Å². The number of halogens is 3. The van der Waals surface area contributed by atoms with Crippen LogP contribution in [0.2, 0.25) is 15.1 Å². The highest BCUT2D eigenvalue weighted by Gasteiger charge is 2.26. The summed E-state index contributed by atoms with van der Waals surface area (Å²) in [4.78, 5) is -0.0840. The van der Waals surface area contributed by atoms with Crippen molar-refractivity contribution in [3.63, 3.8) is 0 Å². The Bertz CT molecular complexity index is 523. The highest BCUT2D eigenvalue weighted by atomic mass is 35.5. The van der Waals surface area contributed by atoms with Crippen molar-refractivity contribution in [3.8, 4) is 0 Å². The van der Waals surface area contributed by atoms with Crippen LogP contribution in [0, 0.1) is 0 Å². The van der Waals surface area contributed by atoms with Gasteiger partial charge in [0.05, 0.1) is 10.0 Å². The summed E-state index contributed by atoms with van der Waals surface area (Å²) < 4.78 is 26.1. The van der Waals surface area contributed by atoms with Crippen molar-refractivity contribution in [1.82, 2.24) is 4.31 Å². The van der Waals surface area contributed by atoms with Crippen molar-refractivity contribution in [2.24, 2.45) is 0 Å². The minimum Gasteiger partial charge on any atom is -0.207 e. The maximum atomic E-state index is 12.4. The molecule has 0 heterocycles. The third-order valence-electron chi connectivity index (χ3n) is 2.71. The lowest BCUT2D eigenvalue weighted by atomic mass is 10.2. The molecule has 19 heavy (non-hydrogen) atoms. The predicted molar refractivity (Wildman–Crippen MR) is 80.8 cm³/mol. The molecule has 0 N–H and O–H groups in total. The molecule has 0 radical (unpaired) electrons. The highest BCUT2D eigenvalue weighted by molar-refractivity contribution is 7.89. The van der Waals surface area contributed by atoms with E-state index in [-0.39, 0.29) is 14.9 Å². The van der Waals surface area contributed by atoms with E-state index in [4.69, 9.17) is 34.8 Å². The Morgan fingerprint density at radius 3 is 2.11 bits per heavy atom. The van der Waals surface area contributed by atoms with E-state index in [0.29, 0.717) is 11.6 Å². The molecule has 1 aromatic carbocycles. The minimum atomic E-state index is -3.69. The maximum absolute atomic E-state index is 12.4. The van der Waals surface area contributed by atoms with Crippen LogP contribution in [0.4, 0.5) is 0 Å². The van der Waals surface area contributed by atoms with E-state index < -0.39 is 10.0 Å². The Labute approximate surface area is 129 Å². The van der Waals surface area contributed by atoms with Crippen LogP contribution < -0.4 is 0 Å². The summed E-state index contributed by atoms with van der Waals surface area (Å²) in [6.45, 7) is 2.49. The van der Waals surface area contributed by atoms with Gasteiger partial charge in [-0.2, -0.15) is 0 Å². The van der Waals surface area contributed by atoms with Gasteiger partial charge in [0.15, 0.2) is 0 Å². The van der Waals surface area contributed by atoms with E-state index in [9.17, 15) is 8.42 Å². The van der Waals surface area contributed by atoms with E-state index in [0.717, 1.165) is 19.3 Å². The molecule has 0 amide bonds. The molecular formula is C12H16Cl3NO2S. The molecular weight excluding hydrogens is 329 g/mol. The molecule has 0 fully saturated rings. The van der Waals surface area contributed by atoms with E-state index in [1.54, 1.807) is 0 Å². The monoisotopic (exact) mass is 343 g/mol. The lowest BCUT2D eigenvalue weighted by Gasteiger charge is -2.18. The van der Waals surface area contributed by atoms with Gasteiger partial charge in [-0.25, -0.2) is 12.7 Å². The number of sulfonamides is 1. The van der Waals surface area contributed by atoms with Crippen molar-refractivity contribution in [2.45, 2.75) is 31.1 Å². The van der Waals surface area contributed by atoms with Crippen molar-refractivity contribution >= 4 is 44.8 Å². The first-order valence-corrected chi connectivity index (χ1v) is 8.49. The van der Waals surface area contributed by atoms with Crippen LogP contribution in [0.15, 0.2) is 17.0 Å². The van der Waals surface area contributed by atoms with Gasteiger partial charge in [0, 0.05) is 18.6 Å². The number of rotatable bonds is 6. The third-order valence-corrected chi connectivity index (χ3v) is 5.71. The smallest absolute Gasteiger partial charge is 0.207 e. The molecule has 0 bridgehead atoms. The Morgan fingerprint density at radius 2 is 1.63 bits per heavy atom. The quantitative estimate of drug-likeness (QED) is 0.715. The molecule has 0 aromatic heterocycles. The summed E-state index contributed by atoms with van der Waals surface area (Å²) in [7, 11) is -2.17. The first-order valence-electron chi connectivity index (χ1n) is 5.91. The fourth-order valence-corrected chi connectivity index (χ4v) is 4.33. The normalized spacial score (nSPS) is 12.1. The van der Waals surface area contributed by atoms with Gasteiger partial charge in [-0.15, -0.1) is 0 Å². The number of unbranched alkanes of at least 4 members (excludes halogenated alkanes) is 2. The van der Waals surface area contributed by atoms with Gasteiger partial charge in [0.2, 0.25) is 10.0 Å². The third kappa shape index (κ3) is 4.23. The number of nitrogens with zero attached hydrogens (tertiary/aromatic N) is 1. The topological polar surface area (TPSA) is 37.4 Å². The van der Waals surface area contributed by atoms with Crippen LogP contribution in [-0.4, -0.2) is 26.3 Å². The zero-order valence-electron chi connectivity index (χ0n) is 10.8. The molecule has 108 valence electrons. The first kappa shape index (κ1) is 17.1. The Morgan fingerprint density at radius 1 is 1.11 bits per heavy atom. The molecule has 7 heteroatoms. The van der Waals surface area contributed by atoms with Crippen LogP contribution in [0.25, 0.3) is 0 Å². The number of hydrogen-bond donors (Lipinski definition) is 0. The summed E-state index contributed by atoms with van der Waals surface area (Å²) in [5, 5.41) is 0.391. The van der Waals surface area contributed by atoms with Gasteiger partial charge in [0.25, 0.3) is 0 Å². The van der Waals surface area contributed by atoms with Crippen LogP contribution in [0.5, 0.6) is 0 Å². The standard InChI is InChI=1S/C12H16Cl3NO2S/c1-3-4-5-6-16(2)19(17,18)12-10(14)7-9(13)8-11(12)15/h7-8H,3-6H2,1-2H3. The van der Waals surface area contributed by atoms with E-state index >= 15 is 0 Å². The van der Waals surface area contributed by atoms with Gasteiger partial charge in [-0.1, -0.05) is 54.6 Å².